The average molecular weight is 135 g/mol. The van der Waals surface area contributed by atoms with Crippen molar-refractivity contribution in [3.8, 4) is 6.07 Å². The summed E-state index contributed by atoms with van der Waals surface area (Å²) in [5, 5.41) is 8.30. The normalized spacial score (nSPS) is 23.2. The third kappa shape index (κ3) is 1.60. The summed E-state index contributed by atoms with van der Waals surface area (Å²) in [6.07, 6.45) is 8.83. The van der Waals surface area contributed by atoms with Crippen LogP contribution in [-0.2, 0) is 0 Å². The van der Waals surface area contributed by atoms with Crippen LogP contribution >= 0.6 is 0 Å². The molecule has 0 amide bonds. The van der Waals surface area contributed by atoms with Crippen LogP contribution in [0.25, 0.3) is 0 Å². The van der Waals surface area contributed by atoms with Crippen LogP contribution in [0, 0.1) is 16.7 Å². The third-order valence-corrected chi connectivity index (χ3v) is 2.31. The molecule has 0 bridgehead atoms. The summed E-state index contributed by atoms with van der Waals surface area (Å²) < 4.78 is 0. The Hall–Kier alpha value is -0.770. The molecule has 0 heterocycles. The Morgan fingerprint density at radius 3 is 2.50 bits per heavy atom. The standard InChI is InChI=1S/C9H13N/c1-9(7-4-8-10)5-2-3-6-9/h4,7H,2-3,5-6H2,1H3. The van der Waals surface area contributed by atoms with Gasteiger partial charge in [0.05, 0.1) is 6.07 Å². The number of hydrogen-bond donors (Lipinski definition) is 0. The second-order valence-corrected chi connectivity index (χ2v) is 3.32. The molecule has 0 saturated heterocycles. The zero-order valence-electron chi connectivity index (χ0n) is 6.43. The lowest BCUT2D eigenvalue weighted by Gasteiger charge is -2.16. The van der Waals surface area contributed by atoms with E-state index in [1.165, 1.54) is 25.7 Å². The first-order chi connectivity index (χ1) is 4.77. The number of nitrogens with zero attached hydrogens (tertiary/aromatic N) is 1. The molecule has 1 heteroatoms. The van der Waals surface area contributed by atoms with Crippen LogP contribution in [0.2, 0.25) is 0 Å². The fourth-order valence-electron chi connectivity index (χ4n) is 1.59. The fourth-order valence-corrected chi connectivity index (χ4v) is 1.59. The fraction of sp³-hybridized carbons (Fsp3) is 0.667. The minimum Gasteiger partial charge on any atom is -0.193 e. The molecule has 0 spiro atoms. The number of allylic oxidation sites excluding steroid dienone is 2. The van der Waals surface area contributed by atoms with Crippen LogP contribution in [0.15, 0.2) is 12.2 Å². The molecule has 1 saturated carbocycles. The SMILES string of the molecule is CC1(C=CC#N)CCCC1. The van der Waals surface area contributed by atoms with Crippen molar-refractivity contribution in [2.24, 2.45) is 5.41 Å². The molecule has 1 nitrogen and oxygen atoms in total. The molecule has 0 aliphatic heterocycles. The van der Waals surface area contributed by atoms with Crippen LogP contribution in [0.4, 0.5) is 0 Å². The van der Waals surface area contributed by atoms with Crippen molar-refractivity contribution in [2.45, 2.75) is 32.6 Å². The molecule has 10 heavy (non-hydrogen) atoms. The topological polar surface area (TPSA) is 23.8 Å². The maximum atomic E-state index is 8.30. The summed E-state index contributed by atoms with van der Waals surface area (Å²) in [6, 6.07) is 2.04. The maximum absolute atomic E-state index is 8.30. The van der Waals surface area contributed by atoms with Gasteiger partial charge in [-0.05, 0) is 18.3 Å². The predicted molar refractivity (Wildman–Crippen MR) is 41.3 cm³/mol. The highest BCUT2D eigenvalue weighted by Gasteiger charge is 2.24. The van der Waals surface area contributed by atoms with Crippen molar-refractivity contribution in [3.63, 3.8) is 0 Å². The van der Waals surface area contributed by atoms with E-state index in [4.69, 9.17) is 5.26 Å². The molecule has 0 atom stereocenters. The minimum absolute atomic E-state index is 0.343. The quantitative estimate of drug-likeness (QED) is 0.507. The van der Waals surface area contributed by atoms with Gasteiger partial charge in [-0.15, -0.1) is 0 Å². The lowest BCUT2D eigenvalue weighted by molar-refractivity contribution is 0.446. The van der Waals surface area contributed by atoms with Crippen molar-refractivity contribution in [1.29, 1.82) is 5.26 Å². The van der Waals surface area contributed by atoms with E-state index in [9.17, 15) is 0 Å². The maximum Gasteiger partial charge on any atom is 0.0908 e. The van der Waals surface area contributed by atoms with Gasteiger partial charge in [0, 0.05) is 6.08 Å². The van der Waals surface area contributed by atoms with Crippen molar-refractivity contribution in [1.82, 2.24) is 0 Å². The van der Waals surface area contributed by atoms with E-state index in [1.54, 1.807) is 6.08 Å². The largest absolute Gasteiger partial charge is 0.193 e. The van der Waals surface area contributed by atoms with Crippen LogP contribution in [-0.4, -0.2) is 0 Å². The predicted octanol–water partition coefficient (Wildman–Crippen LogP) is 2.65. The molecule has 54 valence electrons. The van der Waals surface area contributed by atoms with E-state index in [2.05, 4.69) is 13.0 Å². The summed E-state index contributed by atoms with van der Waals surface area (Å²) in [6.45, 7) is 2.23. The van der Waals surface area contributed by atoms with E-state index in [0.29, 0.717) is 5.41 Å². The molecular formula is C9H13N. The molecule has 1 aliphatic rings. The van der Waals surface area contributed by atoms with E-state index in [1.807, 2.05) is 6.07 Å². The lowest BCUT2D eigenvalue weighted by Crippen LogP contribution is -2.05. The zero-order valence-corrected chi connectivity index (χ0v) is 6.43. The van der Waals surface area contributed by atoms with Gasteiger partial charge in [-0.1, -0.05) is 25.8 Å². The van der Waals surface area contributed by atoms with Gasteiger partial charge in [0.1, 0.15) is 0 Å². The van der Waals surface area contributed by atoms with Crippen LogP contribution in [0.3, 0.4) is 0 Å². The highest BCUT2D eigenvalue weighted by molar-refractivity contribution is 5.09. The molecule has 0 aromatic rings. The number of hydrogen-bond acceptors (Lipinski definition) is 1. The first kappa shape index (κ1) is 7.34. The van der Waals surface area contributed by atoms with Gasteiger partial charge in [0.15, 0.2) is 0 Å². The molecule has 0 aromatic carbocycles. The molecule has 0 unspecified atom stereocenters. The van der Waals surface area contributed by atoms with E-state index in [0.717, 1.165) is 0 Å². The van der Waals surface area contributed by atoms with Crippen molar-refractivity contribution < 1.29 is 0 Å². The Kier molecular flexibility index (Phi) is 2.11. The molecular weight excluding hydrogens is 122 g/mol. The highest BCUT2D eigenvalue weighted by Crippen LogP contribution is 2.38. The van der Waals surface area contributed by atoms with Crippen LogP contribution in [0.1, 0.15) is 32.6 Å². The Labute approximate surface area is 62.4 Å². The summed E-state index contributed by atoms with van der Waals surface area (Å²) in [7, 11) is 0. The molecule has 0 N–H and O–H groups in total. The molecule has 1 aliphatic carbocycles. The van der Waals surface area contributed by atoms with Crippen molar-refractivity contribution in [2.75, 3.05) is 0 Å². The van der Waals surface area contributed by atoms with Crippen LogP contribution in [0.5, 0.6) is 0 Å². The monoisotopic (exact) mass is 135 g/mol. The smallest absolute Gasteiger partial charge is 0.0908 e. The van der Waals surface area contributed by atoms with Crippen molar-refractivity contribution in [3.05, 3.63) is 12.2 Å². The van der Waals surface area contributed by atoms with Gasteiger partial charge in [0.25, 0.3) is 0 Å². The van der Waals surface area contributed by atoms with Gasteiger partial charge >= 0.3 is 0 Å². The summed E-state index contributed by atoms with van der Waals surface area (Å²) >= 11 is 0. The zero-order chi connectivity index (χ0) is 7.45. The first-order valence-electron chi connectivity index (χ1n) is 3.84. The van der Waals surface area contributed by atoms with Gasteiger partial charge in [-0.2, -0.15) is 5.26 Å². The summed E-state index contributed by atoms with van der Waals surface area (Å²) in [5.41, 5.74) is 0.343. The highest BCUT2D eigenvalue weighted by atomic mass is 14.3. The lowest BCUT2D eigenvalue weighted by atomic mass is 9.89. The number of rotatable bonds is 1. The Morgan fingerprint density at radius 2 is 2.00 bits per heavy atom. The van der Waals surface area contributed by atoms with Gasteiger partial charge in [-0.3, -0.25) is 0 Å². The molecule has 0 radical (unpaired) electrons. The molecule has 1 rings (SSSR count). The Bertz CT molecular complexity index is 168. The second kappa shape index (κ2) is 2.88. The summed E-state index contributed by atoms with van der Waals surface area (Å²) in [4.78, 5) is 0. The summed E-state index contributed by atoms with van der Waals surface area (Å²) in [5.74, 6) is 0. The van der Waals surface area contributed by atoms with Gasteiger partial charge in [-0.25, -0.2) is 0 Å². The first-order valence-corrected chi connectivity index (χ1v) is 3.84. The molecule has 1 fully saturated rings. The van der Waals surface area contributed by atoms with E-state index in [-0.39, 0.29) is 0 Å². The Morgan fingerprint density at radius 1 is 1.40 bits per heavy atom. The second-order valence-electron chi connectivity index (χ2n) is 3.32. The Balaban J connectivity index is 2.53. The third-order valence-electron chi connectivity index (χ3n) is 2.31. The van der Waals surface area contributed by atoms with E-state index < -0.39 is 0 Å². The van der Waals surface area contributed by atoms with Crippen molar-refractivity contribution >= 4 is 0 Å². The van der Waals surface area contributed by atoms with E-state index >= 15 is 0 Å². The molecule has 0 aromatic heterocycles. The minimum atomic E-state index is 0.343. The van der Waals surface area contributed by atoms with Gasteiger partial charge < -0.3 is 0 Å². The van der Waals surface area contributed by atoms with Crippen LogP contribution < -0.4 is 0 Å². The average Bonchev–Trinajstić information content (AvgIpc) is 2.33. The number of nitriles is 1. The van der Waals surface area contributed by atoms with Gasteiger partial charge in [0.2, 0.25) is 0 Å².